The number of hydrogen-bond acceptors (Lipinski definition) is 6. The number of esters is 1. The lowest BCUT2D eigenvalue weighted by atomic mass is 10.1. The molecule has 21 heavy (non-hydrogen) atoms. The summed E-state index contributed by atoms with van der Waals surface area (Å²) in [6, 6.07) is 2.69. The maximum absolute atomic E-state index is 12.2. The van der Waals surface area contributed by atoms with Crippen molar-refractivity contribution in [3.8, 4) is 0 Å². The average Bonchev–Trinajstić information content (AvgIpc) is 2.54. The van der Waals surface area contributed by atoms with Gasteiger partial charge in [-0.15, -0.1) is 0 Å². The van der Waals surface area contributed by atoms with Crippen LogP contribution in [0.15, 0.2) is 12.1 Å². The molecule has 7 heteroatoms. The summed E-state index contributed by atoms with van der Waals surface area (Å²) in [6.07, 6.45) is 0. The number of anilines is 2. The van der Waals surface area contributed by atoms with E-state index in [0.29, 0.717) is 0 Å². The Bertz CT molecular complexity index is 605. The van der Waals surface area contributed by atoms with E-state index >= 15 is 0 Å². The summed E-state index contributed by atoms with van der Waals surface area (Å²) in [5.74, 6) is -1.81. The highest BCUT2D eigenvalue weighted by atomic mass is 16.6. The van der Waals surface area contributed by atoms with Gasteiger partial charge in [-0.2, -0.15) is 0 Å². The quantitative estimate of drug-likeness (QED) is 0.473. The fraction of sp³-hybridized carbons (Fsp3) is 0.357. The van der Waals surface area contributed by atoms with Gasteiger partial charge < -0.3 is 16.2 Å². The second-order valence-electron chi connectivity index (χ2n) is 5.81. The number of fused-ring (bicyclic) bond motifs is 1. The number of carbonyl (C=O) groups excluding carboxylic acids is 3. The molecule has 7 nitrogen and oxygen atoms in total. The minimum absolute atomic E-state index is 0.148. The van der Waals surface area contributed by atoms with Gasteiger partial charge in [0.2, 0.25) is 0 Å². The van der Waals surface area contributed by atoms with Gasteiger partial charge in [-0.1, -0.05) is 0 Å². The molecule has 0 fully saturated rings. The summed E-state index contributed by atoms with van der Waals surface area (Å²) in [6.45, 7) is 4.67. The van der Waals surface area contributed by atoms with Gasteiger partial charge in [0.05, 0.1) is 22.5 Å². The molecule has 1 aliphatic heterocycles. The zero-order valence-corrected chi connectivity index (χ0v) is 12.1. The number of benzene rings is 1. The van der Waals surface area contributed by atoms with Crippen molar-refractivity contribution in [2.24, 2.45) is 0 Å². The third-order valence-corrected chi connectivity index (χ3v) is 2.88. The molecule has 0 saturated carbocycles. The largest absolute Gasteiger partial charge is 0.459 e. The number of nitrogens with zero attached hydrogens (tertiary/aromatic N) is 1. The zero-order chi connectivity index (χ0) is 15.9. The molecule has 0 unspecified atom stereocenters. The second kappa shape index (κ2) is 4.76. The van der Waals surface area contributed by atoms with Crippen LogP contribution in [0.5, 0.6) is 0 Å². The van der Waals surface area contributed by atoms with Gasteiger partial charge in [0.1, 0.15) is 12.1 Å². The fourth-order valence-corrected chi connectivity index (χ4v) is 2.02. The molecule has 0 radical (unpaired) electrons. The van der Waals surface area contributed by atoms with Crippen LogP contribution in [0.1, 0.15) is 41.5 Å². The van der Waals surface area contributed by atoms with Gasteiger partial charge in [0.15, 0.2) is 0 Å². The van der Waals surface area contributed by atoms with E-state index in [0.717, 1.165) is 4.90 Å². The van der Waals surface area contributed by atoms with Gasteiger partial charge in [-0.3, -0.25) is 19.3 Å². The fourth-order valence-electron chi connectivity index (χ4n) is 2.02. The Morgan fingerprint density at radius 3 is 1.90 bits per heavy atom. The van der Waals surface area contributed by atoms with Gasteiger partial charge in [-0.05, 0) is 32.9 Å². The van der Waals surface area contributed by atoms with E-state index < -0.39 is 29.9 Å². The Morgan fingerprint density at radius 2 is 1.52 bits per heavy atom. The maximum Gasteiger partial charge on any atom is 0.326 e. The topological polar surface area (TPSA) is 116 Å². The van der Waals surface area contributed by atoms with Crippen LogP contribution in [0.4, 0.5) is 11.4 Å². The summed E-state index contributed by atoms with van der Waals surface area (Å²) < 4.78 is 5.11. The van der Waals surface area contributed by atoms with E-state index in [4.69, 9.17) is 16.2 Å². The van der Waals surface area contributed by atoms with E-state index in [1.807, 2.05) is 0 Å². The Kier molecular flexibility index (Phi) is 3.36. The predicted molar refractivity (Wildman–Crippen MR) is 76.5 cm³/mol. The van der Waals surface area contributed by atoms with E-state index in [1.165, 1.54) is 12.1 Å². The standard InChI is InChI=1S/C14H17N3O4/c1-14(2,3)21-11(18)6-17-12(19)7-4-9(15)10(16)5-8(7)13(17)20/h4-5H,6,15-16H2,1-3H3. The smallest absolute Gasteiger partial charge is 0.326 e. The van der Waals surface area contributed by atoms with E-state index in [1.54, 1.807) is 20.8 Å². The van der Waals surface area contributed by atoms with E-state index in [-0.39, 0.29) is 22.5 Å². The molecule has 112 valence electrons. The van der Waals surface area contributed by atoms with Crippen LogP contribution < -0.4 is 11.5 Å². The molecule has 1 heterocycles. The van der Waals surface area contributed by atoms with Crippen molar-refractivity contribution in [3.63, 3.8) is 0 Å². The van der Waals surface area contributed by atoms with Crippen LogP contribution in [0, 0.1) is 0 Å². The first-order valence-corrected chi connectivity index (χ1v) is 6.37. The van der Waals surface area contributed by atoms with Crippen LogP contribution >= 0.6 is 0 Å². The molecule has 0 aliphatic carbocycles. The van der Waals surface area contributed by atoms with Crippen molar-refractivity contribution in [1.82, 2.24) is 4.90 Å². The first-order chi connectivity index (χ1) is 9.60. The van der Waals surface area contributed by atoms with Crippen LogP contribution in [-0.2, 0) is 9.53 Å². The lowest BCUT2D eigenvalue weighted by Crippen LogP contribution is -2.38. The van der Waals surface area contributed by atoms with Crippen molar-refractivity contribution in [2.75, 3.05) is 18.0 Å². The highest BCUT2D eigenvalue weighted by Gasteiger charge is 2.38. The maximum atomic E-state index is 12.2. The first kappa shape index (κ1) is 14.8. The lowest BCUT2D eigenvalue weighted by molar-refractivity contribution is -0.155. The SMILES string of the molecule is CC(C)(C)OC(=O)CN1C(=O)c2cc(N)c(N)cc2C1=O. The third-order valence-electron chi connectivity index (χ3n) is 2.88. The normalized spacial score (nSPS) is 14.3. The van der Waals surface area contributed by atoms with Gasteiger partial charge in [-0.25, -0.2) is 0 Å². The van der Waals surface area contributed by atoms with Crippen molar-refractivity contribution in [3.05, 3.63) is 23.3 Å². The monoisotopic (exact) mass is 291 g/mol. The summed E-state index contributed by atoms with van der Waals surface area (Å²) in [5.41, 5.74) is 11.3. The Hall–Kier alpha value is -2.57. The second-order valence-corrected chi connectivity index (χ2v) is 5.81. The van der Waals surface area contributed by atoms with Crippen LogP contribution in [0.25, 0.3) is 0 Å². The Labute approximate surface area is 121 Å². The number of rotatable bonds is 2. The molecule has 4 N–H and O–H groups in total. The Morgan fingerprint density at radius 1 is 1.10 bits per heavy atom. The third kappa shape index (κ3) is 2.81. The lowest BCUT2D eigenvalue weighted by Gasteiger charge is -2.21. The highest BCUT2D eigenvalue weighted by Crippen LogP contribution is 2.28. The molecule has 0 aromatic heterocycles. The Balaban J connectivity index is 2.24. The molecule has 0 bridgehead atoms. The number of nitrogen functional groups attached to an aromatic ring is 2. The van der Waals surface area contributed by atoms with Crippen LogP contribution in [0.3, 0.4) is 0 Å². The first-order valence-electron chi connectivity index (χ1n) is 6.37. The number of hydrogen-bond donors (Lipinski definition) is 2. The molecule has 1 aliphatic rings. The zero-order valence-electron chi connectivity index (χ0n) is 12.1. The molecule has 1 aromatic carbocycles. The number of ether oxygens (including phenoxy) is 1. The minimum atomic E-state index is -0.690. The van der Waals surface area contributed by atoms with Crippen molar-refractivity contribution >= 4 is 29.2 Å². The molecule has 2 amide bonds. The summed E-state index contributed by atoms with van der Waals surface area (Å²) >= 11 is 0. The van der Waals surface area contributed by atoms with Gasteiger partial charge in [0.25, 0.3) is 11.8 Å². The molecule has 0 atom stereocenters. The van der Waals surface area contributed by atoms with Crippen molar-refractivity contribution in [1.29, 1.82) is 0 Å². The van der Waals surface area contributed by atoms with E-state index in [2.05, 4.69) is 0 Å². The van der Waals surface area contributed by atoms with Gasteiger partial charge in [0, 0.05) is 0 Å². The van der Waals surface area contributed by atoms with Crippen molar-refractivity contribution in [2.45, 2.75) is 26.4 Å². The summed E-state index contributed by atoms with van der Waals surface area (Å²) in [5, 5.41) is 0. The van der Waals surface area contributed by atoms with E-state index in [9.17, 15) is 14.4 Å². The highest BCUT2D eigenvalue weighted by molar-refractivity contribution is 6.23. The predicted octanol–water partition coefficient (Wildman–Crippen LogP) is 0.789. The molecular weight excluding hydrogens is 274 g/mol. The molecule has 2 rings (SSSR count). The summed E-state index contributed by atoms with van der Waals surface area (Å²) in [4.78, 5) is 36.9. The number of amides is 2. The molecule has 1 aromatic rings. The number of carbonyl (C=O) groups is 3. The molecular formula is C14H17N3O4. The average molecular weight is 291 g/mol. The van der Waals surface area contributed by atoms with Crippen molar-refractivity contribution < 1.29 is 19.1 Å². The van der Waals surface area contributed by atoms with Crippen LogP contribution in [0.2, 0.25) is 0 Å². The number of nitrogens with two attached hydrogens (primary N) is 2. The molecule has 0 spiro atoms. The number of imide groups is 1. The minimum Gasteiger partial charge on any atom is -0.459 e. The molecule has 0 saturated heterocycles. The van der Waals surface area contributed by atoms with Gasteiger partial charge >= 0.3 is 5.97 Å². The summed E-state index contributed by atoms with van der Waals surface area (Å²) in [7, 11) is 0. The van der Waals surface area contributed by atoms with Crippen LogP contribution in [-0.4, -0.2) is 34.8 Å².